The molecule has 0 amide bonds. The molecule has 3 nitrogen and oxygen atoms in total. The van der Waals surface area contributed by atoms with Crippen molar-refractivity contribution in [3.05, 3.63) is 41.6 Å². The van der Waals surface area contributed by atoms with Crippen LogP contribution >= 0.6 is 0 Å². The first-order valence-corrected chi connectivity index (χ1v) is 8.53. The van der Waals surface area contributed by atoms with E-state index in [1.807, 2.05) is 0 Å². The molecule has 0 N–H and O–H groups in total. The lowest BCUT2D eigenvalue weighted by atomic mass is 9.86. The molecule has 1 saturated carbocycles. The Bertz CT molecular complexity index is 978. The molecule has 2 atom stereocenters. The van der Waals surface area contributed by atoms with E-state index in [0.29, 0.717) is 6.79 Å². The van der Waals surface area contributed by atoms with Gasteiger partial charge in [0.05, 0.1) is 5.52 Å². The van der Waals surface area contributed by atoms with Crippen LogP contribution in [0.25, 0.3) is 21.7 Å². The summed E-state index contributed by atoms with van der Waals surface area (Å²) >= 11 is 0. The van der Waals surface area contributed by atoms with Gasteiger partial charge < -0.3 is 9.47 Å². The van der Waals surface area contributed by atoms with Gasteiger partial charge in [-0.2, -0.15) is 0 Å². The highest BCUT2D eigenvalue weighted by molar-refractivity contribution is 6.07. The minimum atomic E-state index is 0.316. The highest BCUT2D eigenvalue weighted by Gasteiger charge is 2.35. The summed E-state index contributed by atoms with van der Waals surface area (Å²) in [6.07, 6.45) is 7.51. The molecule has 3 aromatic rings. The second-order valence-electron chi connectivity index (χ2n) is 7.08. The van der Waals surface area contributed by atoms with Crippen LogP contribution in [0.1, 0.15) is 48.6 Å². The van der Waals surface area contributed by atoms with Crippen LogP contribution < -0.4 is 9.47 Å². The average molecular weight is 303 g/mol. The first kappa shape index (κ1) is 12.2. The van der Waals surface area contributed by atoms with Crippen LogP contribution in [0.15, 0.2) is 30.5 Å². The number of aromatic nitrogens is 1. The number of nitrogens with zero attached hydrogens (tertiary/aromatic N) is 1. The largest absolute Gasteiger partial charge is 0.454 e. The third-order valence-corrected chi connectivity index (χ3v) is 5.94. The smallest absolute Gasteiger partial charge is 0.231 e. The van der Waals surface area contributed by atoms with Crippen molar-refractivity contribution in [2.75, 3.05) is 6.79 Å². The van der Waals surface area contributed by atoms with Crippen molar-refractivity contribution in [2.24, 2.45) is 0 Å². The van der Waals surface area contributed by atoms with E-state index < -0.39 is 0 Å². The van der Waals surface area contributed by atoms with Gasteiger partial charge in [-0.3, -0.25) is 4.98 Å². The lowest BCUT2D eigenvalue weighted by molar-refractivity contribution is 0.174. The van der Waals surface area contributed by atoms with Crippen molar-refractivity contribution in [3.63, 3.8) is 0 Å². The highest BCUT2D eigenvalue weighted by Crippen LogP contribution is 2.52. The molecule has 0 radical (unpaired) electrons. The van der Waals surface area contributed by atoms with E-state index in [2.05, 4.69) is 30.5 Å². The van der Waals surface area contributed by atoms with Gasteiger partial charge in [-0.15, -0.1) is 0 Å². The SMILES string of the molecule is c1nc2c(ccc3cc4c(cc32)OCO4)c2c1C1CCCC2C1. The molecule has 6 rings (SSSR count). The Morgan fingerprint density at radius 3 is 2.78 bits per heavy atom. The van der Waals surface area contributed by atoms with Crippen LogP contribution in [-0.2, 0) is 0 Å². The molecule has 3 heteroatoms. The van der Waals surface area contributed by atoms with Crippen LogP contribution in [0.4, 0.5) is 0 Å². The van der Waals surface area contributed by atoms with Crippen molar-refractivity contribution in [1.29, 1.82) is 0 Å². The summed E-state index contributed by atoms with van der Waals surface area (Å²) < 4.78 is 11.1. The van der Waals surface area contributed by atoms with Crippen LogP contribution in [-0.4, -0.2) is 11.8 Å². The standard InChI is InChI=1S/C20H17NO2/c1-2-11-6-13(3-1)19-14-5-4-12-7-17-18(23-10-22-17)8-15(12)20(14)21-9-16(11)19/h4-5,7-9,11,13H,1-3,6,10H2. The molecule has 2 aromatic carbocycles. The molecule has 1 aromatic heterocycles. The van der Waals surface area contributed by atoms with Crippen LogP contribution in [0.2, 0.25) is 0 Å². The molecule has 1 aliphatic heterocycles. The van der Waals surface area contributed by atoms with Crippen LogP contribution in [0.3, 0.4) is 0 Å². The number of hydrogen-bond acceptors (Lipinski definition) is 3. The van der Waals surface area contributed by atoms with E-state index in [1.54, 1.807) is 5.56 Å². The second-order valence-corrected chi connectivity index (χ2v) is 7.08. The molecule has 3 aliphatic rings. The van der Waals surface area contributed by atoms with Gasteiger partial charge in [0.15, 0.2) is 11.5 Å². The fourth-order valence-corrected chi connectivity index (χ4v) is 4.93. The number of pyridine rings is 1. The number of benzene rings is 2. The van der Waals surface area contributed by atoms with Crippen LogP contribution in [0.5, 0.6) is 11.5 Å². The summed E-state index contributed by atoms with van der Waals surface area (Å²) in [5.74, 6) is 3.16. The second kappa shape index (κ2) is 4.16. The van der Waals surface area contributed by atoms with E-state index in [1.165, 1.54) is 47.4 Å². The lowest BCUT2D eigenvalue weighted by Gasteiger charge is -2.18. The predicted octanol–water partition coefficient (Wildman–Crippen LogP) is 4.87. The quantitative estimate of drug-likeness (QED) is 0.555. The first-order chi connectivity index (χ1) is 11.4. The normalized spacial score (nSPS) is 24.3. The van der Waals surface area contributed by atoms with E-state index in [9.17, 15) is 0 Å². The molecule has 2 heterocycles. The topological polar surface area (TPSA) is 31.4 Å². The highest BCUT2D eigenvalue weighted by atomic mass is 16.7. The maximum Gasteiger partial charge on any atom is 0.231 e. The van der Waals surface area contributed by atoms with Gasteiger partial charge in [0.25, 0.3) is 0 Å². The fraction of sp³-hybridized carbons (Fsp3) is 0.350. The summed E-state index contributed by atoms with van der Waals surface area (Å²) in [5, 5.41) is 3.70. The van der Waals surface area contributed by atoms with E-state index in [4.69, 9.17) is 14.5 Å². The van der Waals surface area contributed by atoms with Gasteiger partial charge in [0.2, 0.25) is 6.79 Å². The maximum absolute atomic E-state index is 5.57. The maximum atomic E-state index is 5.57. The molecule has 2 bridgehead atoms. The summed E-state index contributed by atoms with van der Waals surface area (Å²) in [4.78, 5) is 4.87. The molecule has 0 saturated heterocycles. The van der Waals surface area contributed by atoms with Gasteiger partial charge in [0.1, 0.15) is 0 Å². The van der Waals surface area contributed by atoms with Gasteiger partial charge in [-0.1, -0.05) is 18.6 Å². The molecular weight excluding hydrogens is 286 g/mol. The number of fused-ring (bicyclic) bond motifs is 10. The summed E-state index contributed by atoms with van der Waals surface area (Å²) in [6, 6.07) is 8.65. The minimum absolute atomic E-state index is 0.316. The molecule has 1 fully saturated rings. The zero-order valence-corrected chi connectivity index (χ0v) is 12.8. The molecule has 23 heavy (non-hydrogen) atoms. The van der Waals surface area contributed by atoms with Crippen LogP contribution in [0, 0.1) is 0 Å². The molecular formula is C20H17NO2. The van der Waals surface area contributed by atoms with Crippen molar-refractivity contribution in [1.82, 2.24) is 4.98 Å². The molecule has 2 unspecified atom stereocenters. The minimum Gasteiger partial charge on any atom is -0.454 e. The van der Waals surface area contributed by atoms with Gasteiger partial charge in [0, 0.05) is 17.0 Å². The predicted molar refractivity (Wildman–Crippen MR) is 89.3 cm³/mol. The van der Waals surface area contributed by atoms with Crippen molar-refractivity contribution < 1.29 is 9.47 Å². The Balaban J connectivity index is 1.70. The Hall–Kier alpha value is -2.29. The van der Waals surface area contributed by atoms with E-state index in [0.717, 1.165) is 28.9 Å². The lowest BCUT2D eigenvalue weighted by Crippen LogP contribution is -2.01. The Morgan fingerprint density at radius 2 is 1.83 bits per heavy atom. The number of ether oxygens (including phenoxy) is 2. The Labute approximate surface area is 134 Å². The number of hydrogen-bond donors (Lipinski definition) is 0. The van der Waals surface area contributed by atoms with E-state index in [-0.39, 0.29) is 0 Å². The monoisotopic (exact) mass is 303 g/mol. The number of rotatable bonds is 0. The van der Waals surface area contributed by atoms with Gasteiger partial charge >= 0.3 is 0 Å². The zero-order valence-electron chi connectivity index (χ0n) is 12.8. The van der Waals surface area contributed by atoms with Gasteiger partial charge in [-0.05, 0) is 59.7 Å². The van der Waals surface area contributed by atoms with Crippen molar-refractivity contribution in [2.45, 2.75) is 37.5 Å². The summed E-state index contributed by atoms with van der Waals surface area (Å²) in [7, 11) is 0. The van der Waals surface area contributed by atoms with Gasteiger partial charge in [-0.25, -0.2) is 0 Å². The van der Waals surface area contributed by atoms with E-state index >= 15 is 0 Å². The summed E-state index contributed by atoms with van der Waals surface area (Å²) in [5.41, 5.74) is 4.21. The average Bonchev–Trinajstić information content (AvgIpc) is 3.15. The first-order valence-electron chi connectivity index (χ1n) is 8.53. The Kier molecular flexibility index (Phi) is 2.20. The van der Waals surface area contributed by atoms with Crippen molar-refractivity contribution >= 4 is 21.7 Å². The Morgan fingerprint density at radius 1 is 0.957 bits per heavy atom. The zero-order chi connectivity index (χ0) is 15.0. The molecule has 2 aliphatic carbocycles. The van der Waals surface area contributed by atoms with Crippen molar-refractivity contribution in [3.8, 4) is 11.5 Å². The third-order valence-electron chi connectivity index (χ3n) is 5.94. The molecule has 114 valence electrons. The summed E-state index contributed by atoms with van der Waals surface area (Å²) in [6.45, 7) is 0.316. The fourth-order valence-electron chi connectivity index (χ4n) is 4.93. The molecule has 0 spiro atoms. The third kappa shape index (κ3) is 1.52.